The fourth-order valence-corrected chi connectivity index (χ4v) is 4.99. The third-order valence-electron chi connectivity index (χ3n) is 6.41. The van der Waals surface area contributed by atoms with Crippen molar-refractivity contribution in [1.29, 1.82) is 0 Å². The van der Waals surface area contributed by atoms with Crippen LogP contribution in [0.5, 0.6) is 0 Å². The molecule has 0 fully saturated rings. The molecule has 2 aromatic carbocycles. The molecular formula is C29H30N6O2Si. The van der Waals surface area contributed by atoms with Gasteiger partial charge in [-0.1, -0.05) is 31.5 Å². The van der Waals surface area contributed by atoms with Crippen LogP contribution in [0.25, 0.3) is 21.8 Å². The quantitative estimate of drug-likeness (QED) is 0.272. The molecule has 9 heteroatoms. The minimum Gasteiger partial charge on any atom is -0.308 e. The molecule has 0 amide bonds. The van der Waals surface area contributed by atoms with E-state index in [-0.39, 0.29) is 11.1 Å². The highest BCUT2D eigenvalue weighted by molar-refractivity contribution is 6.83. The number of nitrogens with one attached hydrogen (secondary N) is 2. The minimum absolute atomic E-state index is 0.0232. The van der Waals surface area contributed by atoms with Crippen molar-refractivity contribution in [3.63, 3.8) is 0 Å². The molecule has 38 heavy (non-hydrogen) atoms. The Morgan fingerprint density at radius 1 is 0.816 bits per heavy atom. The van der Waals surface area contributed by atoms with Gasteiger partial charge in [-0.05, 0) is 36.4 Å². The topological polar surface area (TPSA) is 93.8 Å². The largest absolute Gasteiger partial charge is 0.308 e. The van der Waals surface area contributed by atoms with Gasteiger partial charge in [0.25, 0.3) is 11.1 Å². The van der Waals surface area contributed by atoms with Gasteiger partial charge in [0.1, 0.15) is 19.7 Å². The van der Waals surface area contributed by atoms with Crippen LogP contribution in [0.3, 0.4) is 0 Å². The molecular weight excluding hydrogens is 492 g/mol. The van der Waals surface area contributed by atoms with Gasteiger partial charge < -0.3 is 10.6 Å². The van der Waals surface area contributed by atoms with E-state index in [4.69, 9.17) is 6.42 Å². The highest BCUT2D eigenvalue weighted by atomic mass is 28.3. The summed E-state index contributed by atoms with van der Waals surface area (Å²) in [4.78, 5) is 33.8. The summed E-state index contributed by atoms with van der Waals surface area (Å²) in [6, 6.07) is 11.0. The maximum atomic E-state index is 12.5. The van der Waals surface area contributed by atoms with E-state index in [0.29, 0.717) is 42.5 Å². The summed E-state index contributed by atoms with van der Waals surface area (Å²) in [5.41, 5.74) is 6.54. The second kappa shape index (κ2) is 10.4. The first-order valence-corrected chi connectivity index (χ1v) is 16.2. The zero-order valence-electron chi connectivity index (χ0n) is 21.9. The maximum Gasteiger partial charge on any atom is 0.261 e. The predicted molar refractivity (Wildman–Crippen MR) is 154 cm³/mol. The first-order chi connectivity index (χ1) is 18.2. The Morgan fingerprint density at radius 2 is 1.32 bits per heavy atom. The van der Waals surface area contributed by atoms with Crippen molar-refractivity contribution < 1.29 is 0 Å². The third kappa shape index (κ3) is 5.32. The zero-order valence-corrected chi connectivity index (χ0v) is 22.9. The third-order valence-corrected chi connectivity index (χ3v) is 7.28. The number of nitrogens with zero attached hydrogens (tertiary/aromatic N) is 4. The van der Waals surface area contributed by atoms with Crippen molar-refractivity contribution in [1.82, 2.24) is 29.7 Å². The minimum atomic E-state index is -1.40. The van der Waals surface area contributed by atoms with Gasteiger partial charge in [0.15, 0.2) is 0 Å². The van der Waals surface area contributed by atoms with Crippen molar-refractivity contribution >= 4 is 29.9 Å². The molecule has 2 aliphatic rings. The highest BCUT2D eigenvalue weighted by Crippen LogP contribution is 2.14. The Hall–Kier alpha value is -4.02. The molecule has 2 N–H and O–H groups in total. The molecule has 2 aromatic heterocycles. The molecule has 0 spiro atoms. The Kier molecular flexibility index (Phi) is 7.00. The van der Waals surface area contributed by atoms with Crippen LogP contribution in [0.1, 0.15) is 22.8 Å². The van der Waals surface area contributed by atoms with Crippen molar-refractivity contribution in [2.75, 3.05) is 13.1 Å². The van der Waals surface area contributed by atoms with Crippen molar-refractivity contribution in [2.24, 2.45) is 0 Å². The Morgan fingerprint density at radius 3 is 1.82 bits per heavy atom. The van der Waals surface area contributed by atoms with Gasteiger partial charge in [0.2, 0.25) is 0 Å². The summed E-state index contributed by atoms with van der Waals surface area (Å²) >= 11 is 0. The van der Waals surface area contributed by atoms with E-state index in [0.717, 1.165) is 41.4 Å². The summed E-state index contributed by atoms with van der Waals surface area (Å²) in [6.45, 7) is 10.9. The van der Waals surface area contributed by atoms with Crippen LogP contribution < -0.4 is 21.8 Å². The van der Waals surface area contributed by atoms with Crippen molar-refractivity contribution in [3.8, 4) is 23.8 Å². The predicted octanol–water partition coefficient (Wildman–Crippen LogP) is 2.21. The van der Waals surface area contributed by atoms with Crippen LogP contribution in [-0.2, 0) is 26.2 Å². The summed E-state index contributed by atoms with van der Waals surface area (Å²) in [7, 11) is -1.40. The van der Waals surface area contributed by atoms with Gasteiger partial charge in [0, 0.05) is 37.3 Å². The van der Waals surface area contributed by atoms with Gasteiger partial charge in [-0.3, -0.25) is 18.7 Å². The normalized spacial score (nSPS) is 14.4. The van der Waals surface area contributed by atoms with E-state index in [1.165, 1.54) is 0 Å². The van der Waals surface area contributed by atoms with Crippen LogP contribution in [-0.4, -0.2) is 40.3 Å². The molecule has 4 heterocycles. The molecule has 4 aromatic rings. The van der Waals surface area contributed by atoms with Gasteiger partial charge in [-0.2, -0.15) is 0 Å². The van der Waals surface area contributed by atoms with Crippen molar-refractivity contribution in [2.45, 2.75) is 45.8 Å². The average Bonchev–Trinajstić information content (AvgIpc) is 2.92. The number of benzene rings is 2. The smallest absolute Gasteiger partial charge is 0.261 e. The van der Waals surface area contributed by atoms with E-state index < -0.39 is 8.07 Å². The van der Waals surface area contributed by atoms with Crippen LogP contribution in [0.4, 0.5) is 0 Å². The number of aromatic nitrogens is 4. The molecule has 8 nitrogen and oxygen atoms in total. The second-order valence-corrected chi connectivity index (χ2v) is 15.2. The number of terminal acetylenes is 1. The monoisotopic (exact) mass is 522 g/mol. The summed E-state index contributed by atoms with van der Waals surface area (Å²) < 4.78 is 3.50. The number of rotatable bonds is 0. The summed E-state index contributed by atoms with van der Waals surface area (Å²) in [5, 5.41) is 7.76. The van der Waals surface area contributed by atoms with Crippen LogP contribution in [0.15, 0.2) is 46.0 Å². The van der Waals surface area contributed by atoms with Gasteiger partial charge >= 0.3 is 0 Å². The molecule has 0 saturated carbocycles. The fraction of sp³-hybridized carbons (Fsp3) is 0.310. The molecule has 0 radical (unpaired) electrons. The zero-order chi connectivity index (χ0) is 26.9. The number of hydrogen-bond donors (Lipinski definition) is 2. The lowest BCUT2D eigenvalue weighted by molar-refractivity contribution is 0.486. The maximum absolute atomic E-state index is 12.5. The van der Waals surface area contributed by atoms with Gasteiger partial charge in [-0.25, -0.2) is 9.97 Å². The highest BCUT2D eigenvalue weighted by Gasteiger charge is 2.15. The first-order valence-electron chi connectivity index (χ1n) is 12.7. The molecule has 2 aliphatic heterocycles. The Bertz CT molecular complexity index is 1780. The Balaban J connectivity index is 0.000000158. The molecule has 0 aliphatic carbocycles. The lowest BCUT2D eigenvalue weighted by atomic mass is 10.1. The van der Waals surface area contributed by atoms with Gasteiger partial charge in [-0.15, -0.1) is 12.0 Å². The van der Waals surface area contributed by atoms with E-state index in [9.17, 15) is 9.59 Å². The number of fused-ring (bicyclic) bond motifs is 4. The van der Waals surface area contributed by atoms with E-state index >= 15 is 0 Å². The molecule has 6 rings (SSSR count). The average molecular weight is 523 g/mol. The SMILES string of the molecule is C#Cc1ccc2c(=O)n3c(nc2c1)CNCC3.C[Si](C)(C)C#Cc1ccc2c(=O)n3c(nc2c1)CNCC3. The lowest BCUT2D eigenvalue weighted by Gasteiger charge is -2.18. The standard InChI is InChI=1S/C16H19N3OSi.C13H11N3O/c1-21(2,3)9-6-12-4-5-13-14(10-12)18-15-11-17-7-8-19(15)16(13)20;1-2-9-3-4-10-11(7-9)15-12-8-14-5-6-16(12)13(10)17/h4-5,10,17H,7-8,11H2,1-3H3;1,3-4,7,14H,5-6,8H2. The van der Waals surface area contributed by atoms with E-state index in [1.54, 1.807) is 27.3 Å². The summed E-state index contributed by atoms with van der Waals surface area (Å²) in [5.74, 6) is 7.37. The van der Waals surface area contributed by atoms with E-state index in [2.05, 4.69) is 57.6 Å². The molecule has 0 saturated heterocycles. The fourth-order valence-electron chi connectivity index (χ4n) is 4.47. The first kappa shape index (κ1) is 25.6. The molecule has 0 unspecified atom stereocenters. The van der Waals surface area contributed by atoms with Crippen LogP contribution >= 0.6 is 0 Å². The second-order valence-electron chi connectivity index (χ2n) is 10.4. The van der Waals surface area contributed by atoms with Crippen LogP contribution in [0, 0.1) is 23.8 Å². The van der Waals surface area contributed by atoms with Crippen molar-refractivity contribution in [3.05, 3.63) is 79.9 Å². The molecule has 0 bridgehead atoms. The van der Waals surface area contributed by atoms with Crippen LogP contribution in [0.2, 0.25) is 19.6 Å². The number of hydrogen-bond acceptors (Lipinski definition) is 6. The van der Waals surface area contributed by atoms with Gasteiger partial charge in [0.05, 0.1) is 34.9 Å². The lowest BCUT2D eigenvalue weighted by Crippen LogP contribution is -2.37. The Labute approximate surface area is 222 Å². The summed E-state index contributed by atoms with van der Waals surface area (Å²) in [6.07, 6.45) is 5.34. The molecule has 0 atom stereocenters. The van der Waals surface area contributed by atoms with E-state index in [1.807, 2.05) is 18.2 Å². The molecule has 192 valence electrons.